The summed E-state index contributed by atoms with van der Waals surface area (Å²) >= 11 is 0. The van der Waals surface area contributed by atoms with Crippen LogP contribution in [-0.2, 0) is 11.8 Å². The predicted octanol–water partition coefficient (Wildman–Crippen LogP) is 2.27. The minimum absolute atomic E-state index is 0.260. The largest absolute Gasteiger partial charge is 0.471 e. The molecule has 0 aliphatic rings. The third-order valence-corrected chi connectivity index (χ3v) is 2.35. The van der Waals surface area contributed by atoms with Crippen LogP contribution in [0.1, 0.15) is 0 Å². The summed E-state index contributed by atoms with van der Waals surface area (Å²) in [6, 6.07) is 8.83. The molecule has 2 rings (SSSR count). The Morgan fingerprint density at radius 3 is 2.47 bits per heavy atom. The van der Waals surface area contributed by atoms with Crippen molar-refractivity contribution in [3.8, 4) is 11.5 Å². The number of nitrogens with zero attached hydrogens (tertiary/aromatic N) is 1. The molecule has 0 radical (unpaired) electrons. The Morgan fingerprint density at radius 1 is 1.26 bits per heavy atom. The predicted molar refractivity (Wildman–Crippen MR) is 60.0 cm³/mol. The molecule has 1 aromatic carbocycles. The molecule has 0 atom stereocenters. The van der Waals surface area contributed by atoms with Gasteiger partial charge in [0.1, 0.15) is 7.05 Å². The quantitative estimate of drug-likeness (QED) is 0.852. The normalized spacial score (nSPS) is 11.4. The molecule has 0 fully saturated rings. The number of carbonyl (C=O) groups excluding carboxylic acids is 1. The number of halogens is 3. The maximum Gasteiger partial charge on any atom is 0.471 e. The molecule has 0 aliphatic heterocycles. The summed E-state index contributed by atoms with van der Waals surface area (Å²) in [6.45, 7) is 0. The Hall–Kier alpha value is -2.31. The van der Waals surface area contributed by atoms with Crippen LogP contribution in [0.5, 0.6) is 0 Å². The van der Waals surface area contributed by atoms with E-state index in [1.807, 2.05) is 0 Å². The molecule has 4 nitrogen and oxygen atoms in total. The van der Waals surface area contributed by atoms with Gasteiger partial charge in [0.2, 0.25) is 6.20 Å². The lowest BCUT2D eigenvalue weighted by atomic mass is 10.2. The van der Waals surface area contributed by atoms with Crippen molar-refractivity contribution in [2.75, 3.05) is 5.32 Å². The number of amides is 1. The number of carbonyl (C=O) groups is 1. The van der Waals surface area contributed by atoms with Crippen LogP contribution >= 0.6 is 0 Å². The van der Waals surface area contributed by atoms with Crippen molar-refractivity contribution in [2.24, 2.45) is 7.05 Å². The lowest BCUT2D eigenvalue weighted by Crippen LogP contribution is -2.30. The van der Waals surface area contributed by atoms with Gasteiger partial charge in [0.25, 0.3) is 5.88 Å². The zero-order valence-corrected chi connectivity index (χ0v) is 9.86. The van der Waals surface area contributed by atoms with Crippen LogP contribution < -0.4 is 9.88 Å². The van der Waals surface area contributed by atoms with E-state index in [0.717, 1.165) is 0 Å². The van der Waals surface area contributed by atoms with E-state index in [9.17, 15) is 18.0 Å². The second-order valence-corrected chi connectivity index (χ2v) is 3.83. The molecule has 1 N–H and O–H groups in total. The fourth-order valence-corrected chi connectivity index (χ4v) is 1.52. The van der Waals surface area contributed by atoms with Gasteiger partial charge in [0.05, 0.1) is 5.56 Å². The van der Waals surface area contributed by atoms with Crippen LogP contribution in [0.3, 0.4) is 0 Å². The van der Waals surface area contributed by atoms with Gasteiger partial charge in [-0.05, 0) is 12.1 Å². The third kappa shape index (κ3) is 2.93. The minimum atomic E-state index is -4.95. The van der Waals surface area contributed by atoms with Gasteiger partial charge in [-0.3, -0.25) is 10.1 Å². The van der Waals surface area contributed by atoms with Gasteiger partial charge < -0.3 is 4.42 Å². The number of aromatic nitrogens is 1. The molecule has 1 aromatic heterocycles. The molecule has 100 valence electrons. The van der Waals surface area contributed by atoms with E-state index in [4.69, 9.17) is 4.42 Å². The summed E-state index contributed by atoms with van der Waals surface area (Å²) in [6.07, 6.45) is -3.68. The highest BCUT2D eigenvalue weighted by Gasteiger charge is 2.39. The molecule has 0 aliphatic carbocycles. The number of anilines is 1. The Bertz CT molecular complexity index is 591. The minimum Gasteiger partial charge on any atom is -0.381 e. The monoisotopic (exact) mass is 271 g/mol. The van der Waals surface area contributed by atoms with Gasteiger partial charge in [0, 0.05) is 0 Å². The van der Waals surface area contributed by atoms with Crippen LogP contribution in [0.4, 0.5) is 19.1 Å². The third-order valence-electron chi connectivity index (χ3n) is 2.35. The number of hydrogen-bond acceptors (Lipinski definition) is 2. The van der Waals surface area contributed by atoms with E-state index in [-0.39, 0.29) is 5.88 Å². The molecule has 7 heteroatoms. The van der Waals surface area contributed by atoms with E-state index in [0.29, 0.717) is 11.5 Å². The van der Waals surface area contributed by atoms with Crippen molar-refractivity contribution < 1.29 is 27.0 Å². The summed E-state index contributed by atoms with van der Waals surface area (Å²) in [4.78, 5) is 10.8. The molecule has 0 saturated heterocycles. The summed E-state index contributed by atoms with van der Waals surface area (Å²) in [5.41, 5.74) is 0.692. The summed E-state index contributed by atoms with van der Waals surface area (Å²) < 4.78 is 43.0. The molecule has 0 spiro atoms. The average Bonchev–Trinajstić information content (AvgIpc) is 2.70. The van der Waals surface area contributed by atoms with E-state index in [1.54, 1.807) is 42.7 Å². The number of aryl methyl sites for hydroxylation is 1. The lowest BCUT2D eigenvalue weighted by molar-refractivity contribution is -0.662. The maximum atomic E-state index is 12.1. The lowest BCUT2D eigenvalue weighted by Gasteiger charge is -2.02. The standard InChI is InChI=1S/C12H9F3N2O2/c1-17-7-9(16-11(18)12(13,14)15)19-10(17)8-5-3-2-4-6-8/h2-7H,1H3/p+1. The van der Waals surface area contributed by atoms with Gasteiger partial charge in [-0.1, -0.05) is 18.2 Å². The molecule has 2 aromatic rings. The van der Waals surface area contributed by atoms with Gasteiger partial charge in [-0.15, -0.1) is 0 Å². The highest BCUT2D eigenvalue weighted by Crippen LogP contribution is 2.22. The van der Waals surface area contributed by atoms with Gasteiger partial charge in [-0.25, -0.2) is 0 Å². The van der Waals surface area contributed by atoms with E-state index in [2.05, 4.69) is 0 Å². The molecule has 0 bridgehead atoms. The number of alkyl halides is 3. The Labute approximate surface area is 106 Å². The van der Waals surface area contributed by atoms with Crippen molar-refractivity contribution in [1.29, 1.82) is 0 Å². The molecule has 0 saturated carbocycles. The molecule has 19 heavy (non-hydrogen) atoms. The Balaban J connectivity index is 2.25. The Morgan fingerprint density at radius 2 is 1.89 bits per heavy atom. The molecule has 0 unspecified atom stereocenters. The van der Waals surface area contributed by atoms with Crippen molar-refractivity contribution in [1.82, 2.24) is 0 Å². The van der Waals surface area contributed by atoms with Crippen LogP contribution in [0.15, 0.2) is 40.9 Å². The average molecular weight is 271 g/mol. The van der Waals surface area contributed by atoms with Crippen LogP contribution in [0.2, 0.25) is 0 Å². The smallest absolute Gasteiger partial charge is 0.381 e. The van der Waals surface area contributed by atoms with E-state index < -0.39 is 12.1 Å². The number of benzene rings is 1. The topological polar surface area (TPSA) is 46.1 Å². The highest BCUT2D eigenvalue weighted by molar-refractivity contribution is 5.93. The molecule has 1 heterocycles. The van der Waals surface area contributed by atoms with Gasteiger partial charge >= 0.3 is 18.0 Å². The van der Waals surface area contributed by atoms with Gasteiger partial charge in [0.15, 0.2) is 0 Å². The van der Waals surface area contributed by atoms with Crippen LogP contribution in [0.25, 0.3) is 11.5 Å². The molecule has 1 amide bonds. The van der Waals surface area contributed by atoms with Crippen molar-refractivity contribution in [2.45, 2.75) is 6.18 Å². The first-order valence-electron chi connectivity index (χ1n) is 5.31. The number of nitrogens with one attached hydrogen (secondary N) is 1. The highest BCUT2D eigenvalue weighted by atomic mass is 19.4. The zero-order chi connectivity index (χ0) is 14.0. The number of hydrogen-bond donors (Lipinski definition) is 1. The molecular weight excluding hydrogens is 261 g/mol. The second kappa shape index (κ2) is 4.75. The fourth-order valence-electron chi connectivity index (χ4n) is 1.52. The van der Waals surface area contributed by atoms with Crippen molar-refractivity contribution in [3.05, 3.63) is 36.5 Å². The first-order chi connectivity index (χ1) is 8.88. The van der Waals surface area contributed by atoms with E-state index in [1.165, 1.54) is 10.8 Å². The number of oxazole rings is 1. The summed E-state index contributed by atoms with van der Waals surface area (Å²) in [5.74, 6) is -1.98. The van der Waals surface area contributed by atoms with Crippen LogP contribution in [0, 0.1) is 0 Å². The van der Waals surface area contributed by atoms with Gasteiger partial charge in [-0.2, -0.15) is 17.7 Å². The molecular formula is C12H10F3N2O2+. The van der Waals surface area contributed by atoms with E-state index >= 15 is 0 Å². The Kier molecular flexibility index (Phi) is 3.28. The SMILES string of the molecule is C[n+]1cc(NC(=O)C(F)(F)F)oc1-c1ccccc1. The zero-order valence-electron chi connectivity index (χ0n) is 9.86. The first-order valence-corrected chi connectivity index (χ1v) is 5.31. The second-order valence-electron chi connectivity index (χ2n) is 3.83. The maximum absolute atomic E-state index is 12.1. The fraction of sp³-hybridized carbons (Fsp3) is 0.167. The first kappa shape index (κ1) is 13.1. The summed E-state index contributed by atoms with van der Waals surface area (Å²) in [5, 5.41) is 1.66. The number of rotatable bonds is 2. The van der Waals surface area contributed by atoms with Crippen LogP contribution in [-0.4, -0.2) is 12.1 Å². The van der Waals surface area contributed by atoms with Crippen molar-refractivity contribution in [3.63, 3.8) is 0 Å². The summed E-state index contributed by atoms with van der Waals surface area (Å²) in [7, 11) is 1.61. The van der Waals surface area contributed by atoms with Crippen molar-refractivity contribution >= 4 is 11.8 Å².